The van der Waals surface area contributed by atoms with Gasteiger partial charge in [-0.15, -0.1) is 0 Å². The van der Waals surface area contributed by atoms with Crippen LogP contribution >= 0.6 is 0 Å². The minimum atomic E-state index is -0.560. The zero-order valence-corrected chi connectivity index (χ0v) is 13.3. The van der Waals surface area contributed by atoms with Gasteiger partial charge in [-0.05, 0) is 30.3 Å². The number of nitrogens with one attached hydrogen (secondary N) is 2. The van der Waals surface area contributed by atoms with Crippen LogP contribution in [-0.2, 0) is 6.54 Å². The Hall–Kier alpha value is -3.54. The molecule has 0 bridgehead atoms. The smallest absolute Gasteiger partial charge is 0.269 e. The number of primary amides is 1. The van der Waals surface area contributed by atoms with E-state index in [1.807, 2.05) is 36.4 Å². The van der Waals surface area contributed by atoms with E-state index in [0.717, 1.165) is 27.5 Å². The van der Waals surface area contributed by atoms with Crippen LogP contribution in [0.2, 0.25) is 0 Å². The van der Waals surface area contributed by atoms with Crippen LogP contribution in [0.25, 0.3) is 21.8 Å². The SMILES string of the molecule is NC(=O)c1nccc2c1[nH]c1ccc(NCc3ccccc3O)cc12. The summed E-state index contributed by atoms with van der Waals surface area (Å²) in [7, 11) is 0. The Morgan fingerprint density at radius 2 is 2.00 bits per heavy atom. The summed E-state index contributed by atoms with van der Waals surface area (Å²) in [5, 5.41) is 15.0. The highest BCUT2D eigenvalue weighted by Gasteiger charge is 2.13. The lowest BCUT2D eigenvalue weighted by Crippen LogP contribution is -2.13. The monoisotopic (exact) mass is 332 g/mol. The third kappa shape index (κ3) is 2.63. The summed E-state index contributed by atoms with van der Waals surface area (Å²) in [6.45, 7) is 0.509. The topological polar surface area (TPSA) is 104 Å². The van der Waals surface area contributed by atoms with Gasteiger partial charge in [-0.1, -0.05) is 18.2 Å². The van der Waals surface area contributed by atoms with Crippen molar-refractivity contribution in [2.75, 3.05) is 5.32 Å². The number of phenols is 1. The molecular formula is C19H16N4O2. The van der Waals surface area contributed by atoms with E-state index in [1.165, 1.54) is 0 Å². The lowest BCUT2D eigenvalue weighted by atomic mass is 10.1. The van der Waals surface area contributed by atoms with Gasteiger partial charge in [-0.25, -0.2) is 4.98 Å². The summed E-state index contributed by atoms with van der Waals surface area (Å²) in [4.78, 5) is 18.8. The Morgan fingerprint density at radius 3 is 2.80 bits per heavy atom. The first-order valence-corrected chi connectivity index (χ1v) is 7.84. The van der Waals surface area contributed by atoms with Gasteiger partial charge >= 0.3 is 0 Å². The molecule has 4 rings (SSSR count). The number of carbonyl (C=O) groups is 1. The number of anilines is 1. The van der Waals surface area contributed by atoms with E-state index in [4.69, 9.17) is 5.73 Å². The van der Waals surface area contributed by atoms with Crippen molar-refractivity contribution in [1.82, 2.24) is 9.97 Å². The number of phenolic OH excluding ortho intramolecular Hbond substituents is 1. The van der Waals surface area contributed by atoms with Gasteiger partial charge in [-0.3, -0.25) is 4.79 Å². The second-order valence-corrected chi connectivity index (χ2v) is 5.81. The number of nitrogens with zero attached hydrogens (tertiary/aromatic N) is 1. The van der Waals surface area contributed by atoms with Gasteiger partial charge in [0.2, 0.25) is 0 Å². The van der Waals surface area contributed by atoms with Gasteiger partial charge in [0.25, 0.3) is 5.91 Å². The maximum atomic E-state index is 11.6. The number of hydrogen-bond donors (Lipinski definition) is 4. The van der Waals surface area contributed by atoms with E-state index in [9.17, 15) is 9.90 Å². The number of carbonyl (C=O) groups excluding carboxylic acids is 1. The molecule has 0 aliphatic carbocycles. The highest BCUT2D eigenvalue weighted by Crippen LogP contribution is 2.29. The number of amides is 1. The molecule has 2 aromatic heterocycles. The summed E-state index contributed by atoms with van der Waals surface area (Å²) in [5.74, 6) is -0.296. The molecule has 1 amide bonds. The molecule has 0 spiro atoms. The largest absolute Gasteiger partial charge is 0.508 e. The number of fused-ring (bicyclic) bond motifs is 3. The molecule has 0 aliphatic rings. The minimum absolute atomic E-state index is 0.234. The predicted molar refractivity (Wildman–Crippen MR) is 97.6 cm³/mol. The zero-order chi connectivity index (χ0) is 17.4. The Labute approximate surface area is 143 Å². The Balaban J connectivity index is 1.72. The van der Waals surface area contributed by atoms with Crippen molar-refractivity contribution in [2.24, 2.45) is 5.73 Å². The van der Waals surface area contributed by atoms with Crippen LogP contribution in [0.15, 0.2) is 54.7 Å². The molecule has 0 unspecified atom stereocenters. The summed E-state index contributed by atoms with van der Waals surface area (Å²) >= 11 is 0. The van der Waals surface area contributed by atoms with Crippen molar-refractivity contribution in [1.29, 1.82) is 0 Å². The number of aromatic amines is 1. The fourth-order valence-corrected chi connectivity index (χ4v) is 2.98. The number of nitrogens with two attached hydrogens (primary N) is 1. The van der Waals surface area contributed by atoms with Crippen LogP contribution in [-0.4, -0.2) is 21.0 Å². The van der Waals surface area contributed by atoms with Crippen LogP contribution in [0.1, 0.15) is 16.1 Å². The van der Waals surface area contributed by atoms with Crippen molar-refractivity contribution >= 4 is 33.4 Å². The summed E-state index contributed by atoms with van der Waals surface area (Å²) < 4.78 is 0. The van der Waals surface area contributed by atoms with E-state index < -0.39 is 5.91 Å². The van der Waals surface area contributed by atoms with E-state index in [0.29, 0.717) is 12.1 Å². The molecule has 6 nitrogen and oxygen atoms in total. The highest BCUT2D eigenvalue weighted by molar-refractivity contribution is 6.14. The fourth-order valence-electron chi connectivity index (χ4n) is 2.98. The first kappa shape index (κ1) is 15.0. The lowest BCUT2D eigenvalue weighted by Gasteiger charge is -2.08. The first-order valence-electron chi connectivity index (χ1n) is 7.84. The lowest BCUT2D eigenvalue weighted by molar-refractivity contribution is 0.0997. The highest BCUT2D eigenvalue weighted by atomic mass is 16.3. The number of aromatic hydroxyl groups is 1. The zero-order valence-electron chi connectivity index (χ0n) is 13.3. The molecule has 25 heavy (non-hydrogen) atoms. The third-order valence-corrected chi connectivity index (χ3v) is 4.23. The van der Waals surface area contributed by atoms with Crippen molar-refractivity contribution in [2.45, 2.75) is 6.54 Å². The standard InChI is InChI=1S/C19H16N4O2/c20-19(25)18-17-13(7-8-21-18)14-9-12(5-6-15(14)23-17)22-10-11-3-1-2-4-16(11)24/h1-9,22-24H,10H2,(H2,20,25). The maximum absolute atomic E-state index is 11.6. The summed E-state index contributed by atoms with van der Waals surface area (Å²) in [6.07, 6.45) is 1.58. The van der Waals surface area contributed by atoms with Gasteiger partial charge in [0.15, 0.2) is 5.69 Å². The molecule has 2 aromatic carbocycles. The number of hydrogen-bond acceptors (Lipinski definition) is 4. The van der Waals surface area contributed by atoms with Gasteiger partial charge in [0.1, 0.15) is 5.75 Å². The molecule has 2 heterocycles. The molecular weight excluding hydrogens is 316 g/mol. The quantitative estimate of drug-likeness (QED) is 0.461. The molecule has 124 valence electrons. The second-order valence-electron chi connectivity index (χ2n) is 5.81. The Bertz CT molecular complexity index is 1100. The third-order valence-electron chi connectivity index (χ3n) is 4.23. The van der Waals surface area contributed by atoms with Gasteiger partial charge in [-0.2, -0.15) is 0 Å². The Kier molecular flexibility index (Phi) is 3.50. The van der Waals surface area contributed by atoms with Gasteiger partial charge < -0.3 is 21.1 Å². The van der Waals surface area contributed by atoms with Crippen molar-refractivity contribution in [3.8, 4) is 5.75 Å². The maximum Gasteiger partial charge on any atom is 0.269 e. The molecule has 0 radical (unpaired) electrons. The van der Waals surface area contributed by atoms with E-state index >= 15 is 0 Å². The molecule has 0 aliphatic heterocycles. The Morgan fingerprint density at radius 1 is 1.16 bits per heavy atom. The molecule has 6 heteroatoms. The van der Waals surface area contributed by atoms with Gasteiger partial charge in [0, 0.05) is 40.3 Å². The summed E-state index contributed by atoms with van der Waals surface area (Å²) in [5.41, 5.74) is 8.91. The molecule has 4 aromatic rings. The van der Waals surface area contributed by atoms with Crippen LogP contribution in [0.5, 0.6) is 5.75 Å². The number of rotatable bonds is 4. The van der Waals surface area contributed by atoms with Crippen molar-refractivity contribution < 1.29 is 9.90 Å². The number of pyridine rings is 1. The number of aromatic nitrogens is 2. The first-order chi connectivity index (χ1) is 12.1. The van der Waals surface area contributed by atoms with E-state index in [1.54, 1.807) is 18.3 Å². The van der Waals surface area contributed by atoms with Crippen molar-refractivity contribution in [3.63, 3.8) is 0 Å². The number of benzene rings is 2. The molecule has 0 saturated heterocycles. The van der Waals surface area contributed by atoms with Crippen LogP contribution in [0, 0.1) is 0 Å². The van der Waals surface area contributed by atoms with Crippen LogP contribution in [0.4, 0.5) is 5.69 Å². The summed E-state index contributed by atoms with van der Waals surface area (Å²) in [6, 6.07) is 14.9. The second kappa shape index (κ2) is 5.83. The molecule has 0 fully saturated rings. The average molecular weight is 332 g/mol. The molecule has 0 saturated carbocycles. The van der Waals surface area contributed by atoms with E-state index in [2.05, 4.69) is 15.3 Å². The van der Waals surface area contributed by atoms with Crippen molar-refractivity contribution in [3.05, 3.63) is 66.0 Å². The average Bonchev–Trinajstić information content (AvgIpc) is 2.99. The molecule has 0 atom stereocenters. The normalized spacial score (nSPS) is 11.0. The van der Waals surface area contributed by atoms with Crippen LogP contribution in [0.3, 0.4) is 0 Å². The minimum Gasteiger partial charge on any atom is -0.508 e. The van der Waals surface area contributed by atoms with Crippen LogP contribution < -0.4 is 11.1 Å². The van der Waals surface area contributed by atoms with Gasteiger partial charge in [0.05, 0.1) is 5.52 Å². The number of para-hydroxylation sites is 1. The number of H-pyrrole nitrogens is 1. The fraction of sp³-hybridized carbons (Fsp3) is 0.0526. The molecule has 5 N–H and O–H groups in total. The predicted octanol–water partition coefficient (Wildman–Crippen LogP) is 3.13. The van der Waals surface area contributed by atoms with E-state index in [-0.39, 0.29) is 11.4 Å².